The van der Waals surface area contributed by atoms with Gasteiger partial charge in [0.25, 0.3) is 6.48 Å². The van der Waals surface area contributed by atoms with Crippen molar-refractivity contribution >= 4 is 0 Å². The van der Waals surface area contributed by atoms with Gasteiger partial charge in [0, 0.05) is 18.1 Å². The van der Waals surface area contributed by atoms with Gasteiger partial charge in [-0.3, -0.25) is 0 Å². The molecule has 0 unspecified atom stereocenters. The predicted octanol–water partition coefficient (Wildman–Crippen LogP) is 3.98. The van der Waals surface area contributed by atoms with E-state index in [4.69, 9.17) is 18.9 Å². The third-order valence-corrected chi connectivity index (χ3v) is 4.36. The maximum atomic E-state index is 14.4. The van der Waals surface area contributed by atoms with Crippen molar-refractivity contribution in [3.63, 3.8) is 0 Å². The fourth-order valence-electron chi connectivity index (χ4n) is 2.81. The molecule has 1 aliphatic rings. The van der Waals surface area contributed by atoms with E-state index in [2.05, 4.69) is 0 Å². The Labute approximate surface area is 160 Å². The second-order valence-corrected chi connectivity index (χ2v) is 6.33. The molecule has 0 aliphatic carbocycles. The van der Waals surface area contributed by atoms with Gasteiger partial charge >= 0.3 is 0 Å². The Morgan fingerprint density at radius 1 is 1.04 bits per heavy atom. The van der Waals surface area contributed by atoms with E-state index in [1.165, 1.54) is 24.3 Å². The molecule has 0 atom stereocenters. The smallest absolute Gasteiger partial charge is 0.271 e. The summed E-state index contributed by atoms with van der Waals surface area (Å²) in [6, 6.07) is 6.87. The Bertz CT molecular complexity index is 807. The lowest BCUT2D eigenvalue weighted by Crippen LogP contribution is -2.33. The van der Waals surface area contributed by atoms with Gasteiger partial charge in [0.1, 0.15) is 0 Å². The number of hydrogen-bond donors (Lipinski definition) is 1. The summed E-state index contributed by atoms with van der Waals surface area (Å²) in [6.07, 6.45) is 0. The van der Waals surface area contributed by atoms with Crippen LogP contribution >= 0.6 is 0 Å². The van der Waals surface area contributed by atoms with E-state index in [9.17, 15) is 18.3 Å². The van der Waals surface area contributed by atoms with Crippen LogP contribution in [0.1, 0.15) is 29.5 Å². The molecule has 0 bridgehead atoms. The minimum absolute atomic E-state index is 0.00164. The molecule has 1 saturated heterocycles. The zero-order chi connectivity index (χ0) is 20.1. The highest BCUT2D eigenvalue weighted by molar-refractivity contribution is 5.29. The van der Waals surface area contributed by atoms with Crippen molar-refractivity contribution in [1.82, 2.24) is 0 Å². The molecule has 3 rings (SSSR count). The molecule has 1 aliphatic heterocycles. The Morgan fingerprint density at radius 3 is 2.46 bits per heavy atom. The van der Waals surface area contributed by atoms with Crippen LogP contribution in [0.5, 0.6) is 5.75 Å². The van der Waals surface area contributed by atoms with Gasteiger partial charge in [0.15, 0.2) is 23.2 Å². The zero-order valence-corrected chi connectivity index (χ0v) is 15.3. The van der Waals surface area contributed by atoms with Crippen molar-refractivity contribution in [1.29, 1.82) is 0 Å². The molecule has 0 spiro atoms. The molecular weight excluding hydrogens is 377 g/mol. The van der Waals surface area contributed by atoms with Crippen LogP contribution in [0.2, 0.25) is 0 Å². The van der Waals surface area contributed by atoms with Crippen LogP contribution in [0.25, 0.3) is 0 Å². The molecular formula is C20H21F3O5. The van der Waals surface area contributed by atoms with E-state index in [0.717, 1.165) is 6.07 Å². The zero-order valence-electron chi connectivity index (χ0n) is 15.3. The minimum Gasteiger partial charge on any atom is -0.505 e. The van der Waals surface area contributed by atoms with Crippen molar-refractivity contribution in [3.8, 4) is 5.75 Å². The quantitative estimate of drug-likeness (QED) is 0.765. The molecule has 1 N–H and O–H groups in total. The van der Waals surface area contributed by atoms with Gasteiger partial charge in [-0.05, 0) is 30.2 Å². The first-order valence-electron chi connectivity index (χ1n) is 8.86. The Hall–Kier alpha value is -2.13. The summed E-state index contributed by atoms with van der Waals surface area (Å²) in [4.78, 5) is 0. The largest absolute Gasteiger partial charge is 0.505 e. The first-order valence-corrected chi connectivity index (χ1v) is 8.86. The fraction of sp³-hybridized carbons (Fsp3) is 0.400. The second kappa shape index (κ2) is 9.38. The van der Waals surface area contributed by atoms with Crippen LogP contribution in [0.4, 0.5) is 13.2 Å². The predicted molar refractivity (Wildman–Crippen MR) is 93.0 cm³/mol. The average Bonchev–Trinajstić information content (AvgIpc) is 2.70. The number of phenols is 1. The lowest BCUT2D eigenvalue weighted by atomic mass is 9.98. The minimum atomic E-state index is -1.00. The third kappa shape index (κ3) is 4.82. The third-order valence-electron chi connectivity index (χ3n) is 4.36. The van der Waals surface area contributed by atoms with Crippen molar-refractivity contribution in [2.75, 3.05) is 19.8 Å². The van der Waals surface area contributed by atoms with E-state index in [0.29, 0.717) is 12.2 Å². The van der Waals surface area contributed by atoms with Gasteiger partial charge < -0.3 is 24.1 Å². The van der Waals surface area contributed by atoms with Gasteiger partial charge in [0.05, 0.1) is 26.4 Å². The number of rotatable bonds is 7. The van der Waals surface area contributed by atoms with Crippen LogP contribution in [0.15, 0.2) is 30.3 Å². The number of phenolic OH excluding ortho intramolecular Hbond substituents is 1. The molecule has 0 radical (unpaired) electrons. The maximum absolute atomic E-state index is 14.4. The van der Waals surface area contributed by atoms with Crippen molar-refractivity contribution in [3.05, 3.63) is 64.5 Å². The normalized spacial score (nSPS) is 19.7. The summed E-state index contributed by atoms with van der Waals surface area (Å²) in [6.45, 7) is 1.35. The molecule has 0 amide bonds. The molecule has 0 saturated carbocycles. The van der Waals surface area contributed by atoms with Crippen molar-refractivity contribution < 1.29 is 37.2 Å². The number of benzene rings is 2. The Morgan fingerprint density at radius 2 is 1.79 bits per heavy atom. The standard InChI is InChI=1S/C20H21F3O5/c1-2-25-9-13-4-5-15(19(23)18(13)22)14-10-27-20(28-11-14)26-8-12-3-6-17(24)16(21)7-12/h3-7,14,20,24H,2,8-11H2,1H3. The molecule has 5 nitrogen and oxygen atoms in total. The summed E-state index contributed by atoms with van der Waals surface area (Å²) < 4.78 is 63.2. The van der Waals surface area contributed by atoms with E-state index in [-0.39, 0.29) is 37.6 Å². The van der Waals surface area contributed by atoms with Crippen molar-refractivity contribution in [2.45, 2.75) is 32.5 Å². The summed E-state index contributed by atoms with van der Waals surface area (Å²) in [7, 11) is 0. The van der Waals surface area contributed by atoms with Gasteiger partial charge in [-0.2, -0.15) is 0 Å². The molecule has 1 fully saturated rings. The summed E-state index contributed by atoms with van der Waals surface area (Å²) >= 11 is 0. The van der Waals surface area contributed by atoms with Crippen molar-refractivity contribution in [2.24, 2.45) is 0 Å². The van der Waals surface area contributed by atoms with Crippen LogP contribution in [-0.2, 0) is 32.2 Å². The van der Waals surface area contributed by atoms with E-state index < -0.39 is 35.6 Å². The summed E-state index contributed by atoms with van der Waals surface area (Å²) in [5.41, 5.74) is 0.808. The van der Waals surface area contributed by atoms with Gasteiger partial charge in [-0.1, -0.05) is 18.2 Å². The molecule has 0 aromatic heterocycles. The first kappa shape index (κ1) is 20.6. The Kier molecular flexibility index (Phi) is 6.90. The van der Waals surface area contributed by atoms with Crippen LogP contribution in [-0.4, -0.2) is 31.4 Å². The molecule has 2 aromatic rings. The van der Waals surface area contributed by atoms with Crippen LogP contribution in [0, 0.1) is 17.5 Å². The number of hydrogen-bond acceptors (Lipinski definition) is 5. The van der Waals surface area contributed by atoms with Crippen LogP contribution < -0.4 is 0 Å². The molecule has 8 heteroatoms. The lowest BCUT2D eigenvalue weighted by Gasteiger charge is -2.29. The highest BCUT2D eigenvalue weighted by Gasteiger charge is 2.28. The maximum Gasteiger partial charge on any atom is 0.271 e. The molecule has 28 heavy (non-hydrogen) atoms. The second-order valence-electron chi connectivity index (χ2n) is 6.33. The Balaban J connectivity index is 1.55. The van der Waals surface area contributed by atoms with Crippen LogP contribution in [0.3, 0.4) is 0 Å². The molecule has 152 valence electrons. The average molecular weight is 398 g/mol. The van der Waals surface area contributed by atoms with Gasteiger partial charge in [-0.15, -0.1) is 0 Å². The lowest BCUT2D eigenvalue weighted by molar-refractivity contribution is -0.319. The van der Waals surface area contributed by atoms with Gasteiger partial charge in [-0.25, -0.2) is 13.2 Å². The number of halogens is 3. The van der Waals surface area contributed by atoms with E-state index >= 15 is 0 Å². The summed E-state index contributed by atoms with van der Waals surface area (Å²) in [5.74, 6) is -3.55. The summed E-state index contributed by atoms with van der Waals surface area (Å²) in [5, 5.41) is 9.17. The van der Waals surface area contributed by atoms with Gasteiger partial charge in [0.2, 0.25) is 0 Å². The first-order chi connectivity index (χ1) is 13.5. The molecule has 2 aromatic carbocycles. The van der Waals surface area contributed by atoms with E-state index in [1.54, 1.807) is 6.92 Å². The van der Waals surface area contributed by atoms with E-state index in [1.807, 2.05) is 0 Å². The monoisotopic (exact) mass is 398 g/mol. The highest BCUT2D eigenvalue weighted by Crippen LogP contribution is 2.28. The fourth-order valence-corrected chi connectivity index (χ4v) is 2.81. The highest BCUT2D eigenvalue weighted by atomic mass is 19.2. The molecule has 1 heterocycles. The number of aromatic hydroxyl groups is 1. The topological polar surface area (TPSA) is 57.2 Å². The number of ether oxygens (including phenoxy) is 4. The SMILES string of the molecule is CCOCc1ccc(C2COC(OCc3ccc(O)c(F)c3)OC2)c(F)c1F.